The summed E-state index contributed by atoms with van der Waals surface area (Å²) in [5.74, 6) is 11.5. The van der Waals surface area contributed by atoms with Gasteiger partial charge in [-0.1, -0.05) is 92.4 Å². The van der Waals surface area contributed by atoms with Gasteiger partial charge in [0.25, 0.3) is 0 Å². The van der Waals surface area contributed by atoms with E-state index in [0.717, 1.165) is 65.1 Å². The minimum Gasteiger partial charge on any atom is -0.135 e. The van der Waals surface area contributed by atoms with Crippen molar-refractivity contribution in [3.05, 3.63) is 84.4 Å². The molecule has 240 valence electrons. The number of fused-ring (bicyclic) bond motifs is 10. The normalized spacial score (nSPS) is 37.7. The Morgan fingerprint density at radius 3 is 1.85 bits per heavy atom. The van der Waals surface area contributed by atoms with Crippen LogP contribution in [0.5, 0.6) is 0 Å². The molecule has 0 amide bonds. The fourth-order valence-electron chi connectivity index (χ4n) is 14.2. The quantitative estimate of drug-likeness (QED) is 0.181. The smallest absolute Gasteiger partial charge is 0.0433 e. The van der Waals surface area contributed by atoms with Gasteiger partial charge in [-0.25, -0.2) is 0 Å². The number of hydrogen-bond acceptors (Lipinski definition) is 1. The minimum atomic E-state index is 0.741. The molecule has 1 heteroatoms. The van der Waals surface area contributed by atoms with Crippen LogP contribution in [0.2, 0.25) is 0 Å². The SMILES string of the molecule is c1cc(-c2cccc3c2sc2cc4ccccc4cc23)cc(C2CCC3C(C2)C2CCCC4C5CCCCC5C5CCCC3C5C42)c1. The van der Waals surface area contributed by atoms with E-state index < -0.39 is 0 Å². The van der Waals surface area contributed by atoms with E-state index in [0.29, 0.717) is 0 Å². The van der Waals surface area contributed by atoms with E-state index in [9.17, 15) is 0 Å². The second-order valence-corrected chi connectivity index (χ2v) is 18.3. The maximum Gasteiger partial charge on any atom is 0.0433 e. The Kier molecular flexibility index (Phi) is 6.57. The molecule has 5 aromatic rings. The molecule has 6 fully saturated rings. The zero-order valence-corrected chi connectivity index (χ0v) is 28.8. The van der Waals surface area contributed by atoms with Crippen LogP contribution in [0.25, 0.3) is 42.1 Å². The number of hydrogen-bond donors (Lipinski definition) is 0. The molecule has 6 aliphatic carbocycles. The summed E-state index contributed by atoms with van der Waals surface area (Å²) < 4.78 is 2.87. The lowest BCUT2D eigenvalue weighted by molar-refractivity contribution is -0.188. The van der Waals surface area contributed by atoms with Gasteiger partial charge in [-0.05, 0) is 162 Å². The molecule has 0 spiro atoms. The van der Waals surface area contributed by atoms with Gasteiger partial charge < -0.3 is 0 Å². The molecule has 0 radical (unpaired) electrons. The first-order valence-electron chi connectivity index (χ1n) is 19.7. The van der Waals surface area contributed by atoms with Gasteiger partial charge in [-0.15, -0.1) is 11.3 Å². The average Bonchev–Trinajstić information content (AvgIpc) is 3.51. The van der Waals surface area contributed by atoms with Gasteiger partial charge in [-0.3, -0.25) is 0 Å². The van der Waals surface area contributed by atoms with Gasteiger partial charge >= 0.3 is 0 Å². The first-order chi connectivity index (χ1) is 23.3. The molecule has 0 nitrogen and oxygen atoms in total. The van der Waals surface area contributed by atoms with E-state index in [-0.39, 0.29) is 0 Å². The zero-order valence-electron chi connectivity index (χ0n) is 28.0. The van der Waals surface area contributed by atoms with Crippen molar-refractivity contribution in [2.24, 2.45) is 59.2 Å². The molecular weight excluding hydrogens is 585 g/mol. The lowest BCUT2D eigenvalue weighted by atomic mass is 9.37. The average molecular weight is 635 g/mol. The van der Waals surface area contributed by atoms with E-state index >= 15 is 0 Å². The van der Waals surface area contributed by atoms with Crippen LogP contribution >= 0.6 is 11.3 Å². The molecule has 4 aromatic carbocycles. The van der Waals surface area contributed by atoms with Crippen LogP contribution in [-0.2, 0) is 0 Å². The number of thiophene rings is 1. The van der Waals surface area contributed by atoms with Crippen molar-refractivity contribution in [1.82, 2.24) is 0 Å². The van der Waals surface area contributed by atoms with Crippen molar-refractivity contribution in [2.45, 2.75) is 89.4 Å². The second kappa shape index (κ2) is 10.9. The van der Waals surface area contributed by atoms with Crippen molar-refractivity contribution in [1.29, 1.82) is 0 Å². The van der Waals surface area contributed by atoms with Crippen LogP contribution in [0.15, 0.2) is 78.9 Å². The summed E-state index contributed by atoms with van der Waals surface area (Å²) >= 11 is 1.99. The largest absolute Gasteiger partial charge is 0.135 e. The molecule has 11 atom stereocenters. The Morgan fingerprint density at radius 1 is 0.468 bits per heavy atom. The summed E-state index contributed by atoms with van der Waals surface area (Å²) in [5, 5.41) is 5.52. The van der Waals surface area contributed by atoms with Gasteiger partial charge in [0.15, 0.2) is 0 Å². The van der Waals surface area contributed by atoms with E-state index in [1.54, 1.807) is 50.5 Å². The Morgan fingerprint density at radius 2 is 1.11 bits per heavy atom. The molecule has 47 heavy (non-hydrogen) atoms. The molecule has 11 unspecified atom stereocenters. The summed E-state index contributed by atoms with van der Waals surface area (Å²) in [5.41, 5.74) is 4.49. The lowest BCUT2D eigenvalue weighted by Crippen LogP contribution is -2.61. The molecule has 0 bridgehead atoms. The number of benzene rings is 4. The van der Waals surface area contributed by atoms with Gasteiger partial charge in [0.1, 0.15) is 0 Å². The summed E-state index contributed by atoms with van der Waals surface area (Å²) in [4.78, 5) is 0. The van der Waals surface area contributed by atoms with E-state index in [2.05, 4.69) is 78.9 Å². The second-order valence-electron chi connectivity index (χ2n) is 17.2. The molecule has 6 aliphatic rings. The van der Waals surface area contributed by atoms with Gasteiger partial charge in [0.05, 0.1) is 0 Å². The topological polar surface area (TPSA) is 0 Å². The highest BCUT2D eigenvalue weighted by molar-refractivity contribution is 7.26. The van der Waals surface area contributed by atoms with Crippen LogP contribution in [0, 0.1) is 59.2 Å². The van der Waals surface area contributed by atoms with Gasteiger partial charge in [0.2, 0.25) is 0 Å². The maximum absolute atomic E-state index is 2.62. The van der Waals surface area contributed by atoms with E-state index in [4.69, 9.17) is 0 Å². The van der Waals surface area contributed by atoms with Crippen LogP contribution in [0.4, 0.5) is 0 Å². The molecule has 1 aromatic heterocycles. The Bertz CT molecular complexity index is 1980. The van der Waals surface area contributed by atoms with Crippen molar-refractivity contribution in [2.75, 3.05) is 0 Å². The minimum absolute atomic E-state index is 0.741. The first-order valence-corrected chi connectivity index (χ1v) is 20.6. The molecule has 11 rings (SSSR count). The van der Waals surface area contributed by atoms with Gasteiger partial charge in [0, 0.05) is 20.2 Å². The molecule has 6 saturated carbocycles. The Hall–Kier alpha value is -2.64. The van der Waals surface area contributed by atoms with Crippen LogP contribution in [0.3, 0.4) is 0 Å². The Labute approximate surface area is 285 Å². The first kappa shape index (κ1) is 28.2. The van der Waals surface area contributed by atoms with E-state index in [1.165, 1.54) is 80.6 Å². The molecular formula is C46H50S. The highest BCUT2D eigenvalue weighted by Crippen LogP contribution is 2.69. The molecule has 0 saturated heterocycles. The Balaban J connectivity index is 0.936. The van der Waals surface area contributed by atoms with Crippen LogP contribution in [-0.4, -0.2) is 0 Å². The van der Waals surface area contributed by atoms with Crippen molar-refractivity contribution in [3.8, 4) is 11.1 Å². The maximum atomic E-state index is 2.62. The molecule has 0 N–H and O–H groups in total. The predicted molar refractivity (Wildman–Crippen MR) is 200 cm³/mol. The highest BCUT2D eigenvalue weighted by atomic mass is 32.1. The zero-order chi connectivity index (χ0) is 30.6. The summed E-state index contributed by atoms with van der Waals surface area (Å²) in [6, 6.07) is 30.6. The van der Waals surface area contributed by atoms with Crippen LogP contribution < -0.4 is 0 Å². The van der Waals surface area contributed by atoms with Gasteiger partial charge in [-0.2, -0.15) is 0 Å². The summed E-state index contributed by atoms with van der Waals surface area (Å²) in [6.07, 6.45) is 20.0. The lowest BCUT2D eigenvalue weighted by Gasteiger charge is -2.67. The van der Waals surface area contributed by atoms with Crippen molar-refractivity contribution < 1.29 is 0 Å². The third-order valence-corrected chi connectivity index (χ3v) is 16.8. The summed E-state index contributed by atoms with van der Waals surface area (Å²) in [7, 11) is 0. The van der Waals surface area contributed by atoms with Crippen LogP contribution in [0.1, 0.15) is 95.0 Å². The van der Waals surface area contributed by atoms with Crippen molar-refractivity contribution >= 4 is 42.3 Å². The monoisotopic (exact) mass is 634 g/mol. The fraction of sp³-hybridized carbons (Fsp3) is 0.522. The summed E-state index contributed by atoms with van der Waals surface area (Å²) in [6.45, 7) is 0. The molecule has 1 heterocycles. The predicted octanol–water partition coefficient (Wildman–Crippen LogP) is 13.3. The standard InChI is InChI=1S/C46H50S/c1-2-10-29-26-43-42(25-28(29)9-1)40-20-6-15-32(46(40)47-43)31-12-5-11-27(23-31)30-21-22-35-38-18-7-16-36-33-13-3-4-14-34(33)37-17-8-19-39(41(35)24-30)45(37)44(36)38/h1-2,5-6,9-12,15,20,23,25-26,30,33-39,41,44-45H,3-4,7-8,13-14,16-19,21-22,24H2. The third kappa shape index (κ3) is 4.23. The van der Waals surface area contributed by atoms with Crippen molar-refractivity contribution in [3.63, 3.8) is 0 Å². The highest BCUT2D eigenvalue weighted by Gasteiger charge is 2.62. The fourth-order valence-corrected chi connectivity index (χ4v) is 15.5. The third-order valence-electron chi connectivity index (χ3n) is 15.6. The number of rotatable bonds is 2. The van der Waals surface area contributed by atoms with E-state index in [1.807, 2.05) is 11.3 Å². The molecule has 0 aliphatic heterocycles.